The van der Waals surface area contributed by atoms with Crippen molar-refractivity contribution in [3.63, 3.8) is 0 Å². The van der Waals surface area contributed by atoms with E-state index in [9.17, 15) is 13.2 Å². The topological polar surface area (TPSA) is 26.0 Å². The lowest BCUT2D eigenvalue weighted by Crippen LogP contribution is -2.01. The maximum Gasteiger partial charge on any atom is 0.184 e. The monoisotopic (exact) mass is 223 g/mol. The Hall–Kier alpha value is -1.97. The molecule has 16 heavy (non-hydrogen) atoms. The second-order valence-electron chi connectivity index (χ2n) is 3.31. The summed E-state index contributed by atoms with van der Waals surface area (Å²) in [6.07, 6.45) is 0. The van der Waals surface area contributed by atoms with Crippen LogP contribution < -0.4 is 5.73 Å². The molecule has 2 rings (SSSR count). The lowest BCUT2D eigenvalue weighted by molar-refractivity contribution is 0.501. The molecule has 1 nitrogen and oxygen atoms in total. The standard InChI is InChI=1S/C12H8F3N/c13-9-6-8(7-4-2-1-3-5-7)10(14)12(16)11(9)15/h1-6H,16H2. The third-order valence-electron chi connectivity index (χ3n) is 2.27. The van der Waals surface area contributed by atoms with Crippen molar-refractivity contribution in [3.05, 3.63) is 53.8 Å². The van der Waals surface area contributed by atoms with E-state index >= 15 is 0 Å². The molecule has 2 aromatic rings. The molecule has 0 aliphatic carbocycles. The molecule has 0 aliphatic heterocycles. The molecule has 0 saturated carbocycles. The Labute approximate surface area is 90.3 Å². The molecule has 0 saturated heterocycles. The van der Waals surface area contributed by atoms with Crippen molar-refractivity contribution in [3.8, 4) is 11.1 Å². The van der Waals surface area contributed by atoms with E-state index in [1.165, 1.54) is 0 Å². The van der Waals surface area contributed by atoms with Crippen LogP contribution in [0, 0.1) is 17.5 Å². The summed E-state index contributed by atoms with van der Waals surface area (Å²) < 4.78 is 39.6. The van der Waals surface area contributed by atoms with Crippen LogP contribution in [-0.2, 0) is 0 Å². The minimum absolute atomic E-state index is 0.0444. The zero-order chi connectivity index (χ0) is 11.7. The summed E-state index contributed by atoms with van der Waals surface area (Å²) in [5, 5.41) is 0. The quantitative estimate of drug-likeness (QED) is 0.582. The largest absolute Gasteiger partial charge is 0.394 e. The Kier molecular flexibility index (Phi) is 2.56. The Morgan fingerprint density at radius 2 is 1.50 bits per heavy atom. The highest BCUT2D eigenvalue weighted by Gasteiger charge is 2.16. The Morgan fingerprint density at radius 1 is 0.875 bits per heavy atom. The number of halogens is 3. The van der Waals surface area contributed by atoms with Gasteiger partial charge < -0.3 is 5.73 Å². The molecule has 0 bridgehead atoms. The van der Waals surface area contributed by atoms with Gasteiger partial charge in [0.15, 0.2) is 17.5 Å². The van der Waals surface area contributed by atoms with E-state index < -0.39 is 23.1 Å². The van der Waals surface area contributed by atoms with Crippen LogP contribution in [0.1, 0.15) is 0 Å². The molecule has 2 N–H and O–H groups in total. The third-order valence-corrected chi connectivity index (χ3v) is 2.27. The van der Waals surface area contributed by atoms with Crippen molar-refractivity contribution in [1.82, 2.24) is 0 Å². The van der Waals surface area contributed by atoms with Gasteiger partial charge in [-0.3, -0.25) is 0 Å². The molecule has 0 aromatic heterocycles. The van der Waals surface area contributed by atoms with Crippen LogP contribution in [0.4, 0.5) is 18.9 Å². The first-order valence-electron chi connectivity index (χ1n) is 4.59. The summed E-state index contributed by atoms with van der Waals surface area (Å²) in [4.78, 5) is 0. The molecule has 82 valence electrons. The summed E-state index contributed by atoms with van der Waals surface area (Å²) in [7, 11) is 0. The van der Waals surface area contributed by atoms with E-state index in [4.69, 9.17) is 5.73 Å². The fraction of sp³-hybridized carbons (Fsp3) is 0. The van der Waals surface area contributed by atoms with E-state index in [-0.39, 0.29) is 5.56 Å². The Morgan fingerprint density at radius 3 is 2.12 bits per heavy atom. The van der Waals surface area contributed by atoms with Crippen molar-refractivity contribution in [2.24, 2.45) is 0 Å². The first kappa shape index (κ1) is 10.5. The number of nitrogens with two attached hydrogens (primary N) is 1. The predicted molar refractivity (Wildman–Crippen MR) is 56.2 cm³/mol. The molecule has 0 radical (unpaired) electrons. The molecule has 0 atom stereocenters. The van der Waals surface area contributed by atoms with E-state index in [0.717, 1.165) is 6.07 Å². The zero-order valence-electron chi connectivity index (χ0n) is 8.18. The highest BCUT2D eigenvalue weighted by atomic mass is 19.2. The molecule has 4 heteroatoms. The lowest BCUT2D eigenvalue weighted by atomic mass is 10.0. The van der Waals surface area contributed by atoms with Gasteiger partial charge in [0, 0.05) is 5.56 Å². The molecule has 0 unspecified atom stereocenters. The Bertz CT molecular complexity index is 524. The second-order valence-corrected chi connectivity index (χ2v) is 3.31. The number of hydrogen-bond acceptors (Lipinski definition) is 1. The van der Waals surface area contributed by atoms with Crippen molar-refractivity contribution in [2.45, 2.75) is 0 Å². The van der Waals surface area contributed by atoms with Crippen molar-refractivity contribution >= 4 is 5.69 Å². The Balaban J connectivity index is 2.68. The van der Waals surface area contributed by atoms with E-state index in [1.807, 2.05) is 0 Å². The van der Waals surface area contributed by atoms with Gasteiger partial charge in [-0.15, -0.1) is 0 Å². The minimum Gasteiger partial charge on any atom is -0.394 e. The maximum atomic E-state index is 13.6. The zero-order valence-corrected chi connectivity index (χ0v) is 8.18. The molecule has 2 aromatic carbocycles. The molecular formula is C12H8F3N. The van der Waals surface area contributed by atoms with Crippen LogP contribution in [-0.4, -0.2) is 0 Å². The summed E-state index contributed by atoms with van der Waals surface area (Å²) in [6.45, 7) is 0. The number of hydrogen-bond donors (Lipinski definition) is 1. The third kappa shape index (κ3) is 1.62. The minimum atomic E-state index is -1.35. The lowest BCUT2D eigenvalue weighted by Gasteiger charge is -2.07. The van der Waals surface area contributed by atoms with Gasteiger partial charge in [-0.05, 0) is 11.6 Å². The highest BCUT2D eigenvalue weighted by Crippen LogP contribution is 2.29. The predicted octanol–water partition coefficient (Wildman–Crippen LogP) is 3.35. The summed E-state index contributed by atoms with van der Waals surface area (Å²) >= 11 is 0. The summed E-state index contributed by atoms with van der Waals surface area (Å²) in [6, 6.07) is 9.07. The molecular weight excluding hydrogens is 215 g/mol. The highest BCUT2D eigenvalue weighted by molar-refractivity contribution is 5.68. The second kappa shape index (κ2) is 3.89. The van der Waals surface area contributed by atoms with Crippen LogP contribution in [0.25, 0.3) is 11.1 Å². The fourth-order valence-corrected chi connectivity index (χ4v) is 1.45. The number of anilines is 1. The maximum absolute atomic E-state index is 13.6. The van der Waals surface area contributed by atoms with Crippen LogP contribution >= 0.6 is 0 Å². The molecule has 0 heterocycles. The number of benzene rings is 2. The van der Waals surface area contributed by atoms with Crippen molar-refractivity contribution in [1.29, 1.82) is 0 Å². The van der Waals surface area contributed by atoms with Crippen LogP contribution in [0.3, 0.4) is 0 Å². The van der Waals surface area contributed by atoms with E-state index in [2.05, 4.69) is 0 Å². The van der Waals surface area contributed by atoms with Gasteiger partial charge in [0.1, 0.15) is 5.69 Å². The van der Waals surface area contributed by atoms with Gasteiger partial charge in [-0.25, -0.2) is 13.2 Å². The smallest absolute Gasteiger partial charge is 0.184 e. The fourth-order valence-electron chi connectivity index (χ4n) is 1.45. The first-order valence-corrected chi connectivity index (χ1v) is 4.59. The van der Waals surface area contributed by atoms with Gasteiger partial charge in [0.05, 0.1) is 0 Å². The van der Waals surface area contributed by atoms with E-state index in [1.54, 1.807) is 30.3 Å². The number of rotatable bonds is 1. The van der Waals surface area contributed by atoms with Crippen LogP contribution in [0.15, 0.2) is 36.4 Å². The average molecular weight is 223 g/mol. The molecule has 0 spiro atoms. The van der Waals surface area contributed by atoms with Gasteiger partial charge in [-0.1, -0.05) is 30.3 Å². The van der Waals surface area contributed by atoms with E-state index in [0.29, 0.717) is 5.56 Å². The van der Waals surface area contributed by atoms with Gasteiger partial charge in [0.2, 0.25) is 0 Å². The number of nitrogen functional groups attached to an aromatic ring is 1. The average Bonchev–Trinajstić information content (AvgIpc) is 2.32. The van der Waals surface area contributed by atoms with Crippen molar-refractivity contribution < 1.29 is 13.2 Å². The summed E-state index contributed by atoms with van der Waals surface area (Å²) in [5.74, 6) is -3.44. The van der Waals surface area contributed by atoms with Gasteiger partial charge in [0.25, 0.3) is 0 Å². The first-order chi connectivity index (χ1) is 7.61. The molecule has 0 amide bonds. The summed E-state index contributed by atoms with van der Waals surface area (Å²) in [5.41, 5.74) is 4.74. The van der Waals surface area contributed by atoms with Gasteiger partial charge >= 0.3 is 0 Å². The molecule has 0 fully saturated rings. The van der Waals surface area contributed by atoms with Crippen molar-refractivity contribution in [2.75, 3.05) is 5.73 Å². The molecule has 0 aliphatic rings. The van der Waals surface area contributed by atoms with Crippen LogP contribution in [0.2, 0.25) is 0 Å². The van der Waals surface area contributed by atoms with Gasteiger partial charge in [-0.2, -0.15) is 0 Å². The van der Waals surface area contributed by atoms with Crippen LogP contribution in [0.5, 0.6) is 0 Å². The SMILES string of the molecule is Nc1c(F)c(F)cc(-c2ccccc2)c1F. The normalized spacial score (nSPS) is 10.4.